The summed E-state index contributed by atoms with van der Waals surface area (Å²) in [5.74, 6) is 1.20. The molecule has 0 N–H and O–H groups in total. The Labute approximate surface area is 88.2 Å². The lowest BCUT2D eigenvalue weighted by Gasteiger charge is -2.02. The molecule has 0 aromatic heterocycles. The zero-order chi connectivity index (χ0) is 9.97. The molecule has 0 spiro atoms. The van der Waals surface area contributed by atoms with Gasteiger partial charge in [-0.15, -0.1) is 11.8 Å². The maximum Gasteiger partial charge on any atom is 0.189 e. The summed E-state index contributed by atoms with van der Waals surface area (Å²) in [6.45, 7) is 1.94. The standard InChI is InChI=1S/C12H12OS/c1-2-9-7-8-14-11-6-4-3-5-10(11)12(9)13/h2-6H,7-8H2,1H3. The van der Waals surface area contributed by atoms with Crippen molar-refractivity contribution in [2.75, 3.05) is 5.75 Å². The summed E-state index contributed by atoms with van der Waals surface area (Å²) in [7, 11) is 0. The maximum absolute atomic E-state index is 12.0. The fourth-order valence-electron chi connectivity index (χ4n) is 1.61. The van der Waals surface area contributed by atoms with E-state index < -0.39 is 0 Å². The minimum Gasteiger partial charge on any atom is -0.289 e. The molecule has 1 aromatic rings. The van der Waals surface area contributed by atoms with Gasteiger partial charge in [0.1, 0.15) is 0 Å². The smallest absolute Gasteiger partial charge is 0.189 e. The first kappa shape index (κ1) is 9.53. The molecule has 1 aromatic carbocycles. The molecule has 0 amide bonds. The molecular formula is C12H12OS. The highest BCUT2D eigenvalue weighted by molar-refractivity contribution is 7.99. The van der Waals surface area contributed by atoms with Gasteiger partial charge in [-0.2, -0.15) is 0 Å². The van der Waals surface area contributed by atoms with Crippen LogP contribution in [-0.2, 0) is 0 Å². The first-order valence-corrected chi connectivity index (χ1v) is 5.73. The van der Waals surface area contributed by atoms with Gasteiger partial charge in [0.05, 0.1) is 0 Å². The second-order valence-corrected chi connectivity index (χ2v) is 4.37. The third-order valence-corrected chi connectivity index (χ3v) is 3.48. The van der Waals surface area contributed by atoms with Gasteiger partial charge in [0, 0.05) is 16.2 Å². The van der Waals surface area contributed by atoms with E-state index in [1.54, 1.807) is 11.8 Å². The molecule has 0 saturated carbocycles. The van der Waals surface area contributed by atoms with E-state index in [9.17, 15) is 4.79 Å². The molecule has 1 aliphatic rings. The largest absolute Gasteiger partial charge is 0.289 e. The SMILES string of the molecule is CC=C1CCSc2ccccc2C1=O. The van der Waals surface area contributed by atoms with Crippen molar-refractivity contribution >= 4 is 17.5 Å². The number of ketones is 1. The summed E-state index contributed by atoms with van der Waals surface area (Å²) >= 11 is 1.77. The number of Topliss-reactive ketones (excluding diaryl/α,β-unsaturated/α-hetero) is 1. The van der Waals surface area contributed by atoms with E-state index in [-0.39, 0.29) is 5.78 Å². The van der Waals surface area contributed by atoms with E-state index in [2.05, 4.69) is 0 Å². The molecule has 1 heterocycles. The van der Waals surface area contributed by atoms with Crippen LogP contribution in [0.25, 0.3) is 0 Å². The zero-order valence-electron chi connectivity index (χ0n) is 8.12. The number of rotatable bonds is 0. The summed E-state index contributed by atoms with van der Waals surface area (Å²) in [6, 6.07) is 7.85. The van der Waals surface area contributed by atoms with Crippen molar-refractivity contribution in [1.82, 2.24) is 0 Å². The second kappa shape index (κ2) is 4.01. The number of hydrogen-bond acceptors (Lipinski definition) is 2. The van der Waals surface area contributed by atoms with Crippen LogP contribution in [0.3, 0.4) is 0 Å². The normalized spacial score (nSPS) is 19.2. The zero-order valence-corrected chi connectivity index (χ0v) is 8.93. The van der Waals surface area contributed by atoms with Gasteiger partial charge in [0.25, 0.3) is 0 Å². The van der Waals surface area contributed by atoms with Crippen LogP contribution in [0.1, 0.15) is 23.7 Å². The monoisotopic (exact) mass is 204 g/mol. The van der Waals surface area contributed by atoms with Crippen LogP contribution < -0.4 is 0 Å². The Hall–Kier alpha value is -1.02. The summed E-state index contributed by atoms with van der Waals surface area (Å²) in [5, 5.41) is 0. The molecule has 0 atom stereocenters. The van der Waals surface area contributed by atoms with E-state index in [1.807, 2.05) is 37.3 Å². The van der Waals surface area contributed by atoms with Gasteiger partial charge in [-0.3, -0.25) is 4.79 Å². The fourth-order valence-corrected chi connectivity index (χ4v) is 2.65. The van der Waals surface area contributed by atoms with Crippen molar-refractivity contribution in [3.05, 3.63) is 41.5 Å². The Morgan fingerprint density at radius 2 is 2.14 bits per heavy atom. The van der Waals surface area contributed by atoms with Crippen LogP contribution >= 0.6 is 11.8 Å². The predicted molar refractivity (Wildman–Crippen MR) is 59.9 cm³/mol. The van der Waals surface area contributed by atoms with Crippen LogP contribution in [0, 0.1) is 0 Å². The van der Waals surface area contributed by atoms with Gasteiger partial charge in [-0.25, -0.2) is 0 Å². The Bertz CT molecular complexity index is 393. The van der Waals surface area contributed by atoms with Crippen LogP contribution in [0.2, 0.25) is 0 Å². The number of thioether (sulfide) groups is 1. The highest BCUT2D eigenvalue weighted by Crippen LogP contribution is 2.30. The lowest BCUT2D eigenvalue weighted by atomic mass is 10.0. The number of benzene rings is 1. The molecule has 2 rings (SSSR count). The Morgan fingerprint density at radius 1 is 1.36 bits per heavy atom. The Morgan fingerprint density at radius 3 is 2.93 bits per heavy atom. The van der Waals surface area contributed by atoms with Gasteiger partial charge in [0.15, 0.2) is 5.78 Å². The first-order valence-electron chi connectivity index (χ1n) is 4.74. The summed E-state index contributed by atoms with van der Waals surface area (Å²) < 4.78 is 0. The lowest BCUT2D eigenvalue weighted by molar-refractivity contribution is 0.102. The van der Waals surface area contributed by atoms with Crippen molar-refractivity contribution in [1.29, 1.82) is 0 Å². The van der Waals surface area contributed by atoms with E-state index in [0.29, 0.717) is 0 Å². The van der Waals surface area contributed by atoms with Crippen LogP contribution in [0.15, 0.2) is 40.8 Å². The minimum atomic E-state index is 0.202. The molecule has 0 unspecified atom stereocenters. The number of carbonyl (C=O) groups is 1. The van der Waals surface area contributed by atoms with Crippen molar-refractivity contribution in [3.63, 3.8) is 0 Å². The van der Waals surface area contributed by atoms with Crippen molar-refractivity contribution in [3.8, 4) is 0 Å². The van der Waals surface area contributed by atoms with Crippen molar-refractivity contribution in [2.24, 2.45) is 0 Å². The van der Waals surface area contributed by atoms with Gasteiger partial charge in [0.2, 0.25) is 0 Å². The van der Waals surface area contributed by atoms with E-state index in [1.165, 1.54) is 0 Å². The molecule has 2 heteroatoms. The number of allylic oxidation sites excluding steroid dienone is 2. The first-order chi connectivity index (χ1) is 6.83. The topological polar surface area (TPSA) is 17.1 Å². The number of hydrogen-bond donors (Lipinski definition) is 0. The lowest BCUT2D eigenvalue weighted by Crippen LogP contribution is -2.02. The molecular weight excluding hydrogens is 192 g/mol. The number of fused-ring (bicyclic) bond motifs is 1. The minimum absolute atomic E-state index is 0.202. The molecule has 1 nitrogen and oxygen atoms in total. The van der Waals surface area contributed by atoms with Crippen molar-refractivity contribution < 1.29 is 4.79 Å². The van der Waals surface area contributed by atoms with Gasteiger partial charge < -0.3 is 0 Å². The molecule has 72 valence electrons. The van der Waals surface area contributed by atoms with E-state index >= 15 is 0 Å². The van der Waals surface area contributed by atoms with E-state index in [4.69, 9.17) is 0 Å². The quantitative estimate of drug-likeness (QED) is 0.603. The molecule has 14 heavy (non-hydrogen) atoms. The second-order valence-electron chi connectivity index (χ2n) is 3.24. The maximum atomic E-state index is 12.0. The Balaban J connectivity index is 2.50. The average Bonchev–Trinajstić information content (AvgIpc) is 2.39. The molecule has 0 bridgehead atoms. The molecule has 0 fully saturated rings. The number of carbonyl (C=O) groups excluding carboxylic acids is 1. The fraction of sp³-hybridized carbons (Fsp3) is 0.250. The highest BCUT2D eigenvalue weighted by atomic mass is 32.2. The van der Waals surface area contributed by atoms with Gasteiger partial charge >= 0.3 is 0 Å². The third-order valence-electron chi connectivity index (χ3n) is 2.40. The summed E-state index contributed by atoms with van der Waals surface area (Å²) in [4.78, 5) is 13.1. The molecule has 0 radical (unpaired) electrons. The third kappa shape index (κ3) is 1.62. The predicted octanol–water partition coefficient (Wildman–Crippen LogP) is 3.31. The highest BCUT2D eigenvalue weighted by Gasteiger charge is 2.18. The van der Waals surface area contributed by atoms with Crippen LogP contribution in [0.4, 0.5) is 0 Å². The Kier molecular flexibility index (Phi) is 2.73. The molecule has 0 saturated heterocycles. The van der Waals surface area contributed by atoms with Crippen molar-refractivity contribution in [2.45, 2.75) is 18.2 Å². The van der Waals surface area contributed by atoms with Gasteiger partial charge in [-0.05, 0) is 31.1 Å². The van der Waals surface area contributed by atoms with Crippen LogP contribution in [0.5, 0.6) is 0 Å². The molecule has 0 aliphatic carbocycles. The average molecular weight is 204 g/mol. The van der Waals surface area contributed by atoms with E-state index in [0.717, 1.165) is 28.2 Å². The van der Waals surface area contributed by atoms with Gasteiger partial charge in [-0.1, -0.05) is 18.2 Å². The summed E-state index contributed by atoms with van der Waals surface area (Å²) in [6.07, 6.45) is 2.82. The molecule has 1 aliphatic heterocycles. The van der Waals surface area contributed by atoms with Crippen LogP contribution in [-0.4, -0.2) is 11.5 Å². The summed E-state index contributed by atoms with van der Waals surface area (Å²) in [5.41, 5.74) is 1.81.